The Morgan fingerprint density at radius 3 is 2.62 bits per heavy atom. The molecule has 1 aliphatic rings. The molecule has 122 valence electrons. The molecular formula is C21H23N3. The quantitative estimate of drug-likeness (QED) is 0.837. The average Bonchev–Trinajstić information content (AvgIpc) is 2.63. The van der Waals surface area contributed by atoms with Crippen molar-refractivity contribution >= 4 is 17.5 Å². The van der Waals surface area contributed by atoms with Gasteiger partial charge in [0.25, 0.3) is 0 Å². The maximum absolute atomic E-state index is 4.71. The number of benzene rings is 1. The lowest BCUT2D eigenvalue weighted by Crippen LogP contribution is -2.11. The van der Waals surface area contributed by atoms with Gasteiger partial charge in [-0.15, -0.1) is 0 Å². The second-order valence-corrected chi connectivity index (χ2v) is 6.11. The van der Waals surface area contributed by atoms with Crippen molar-refractivity contribution in [3.8, 4) is 0 Å². The van der Waals surface area contributed by atoms with Crippen molar-refractivity contribution in [3.05, 3.63) is 77.6 Å². The highest BCUT2D eigenvalue weighted by atomic mass is 15.1. The average molecular weight is 317 g/mol. The first-order valence-electron chi connectivity index (χ1n) is 8.34. The second kappa shape index (κ2) is 7.73. The number of hydrogen-bond donors (Lipinski definition) is 0. The van der Waals surface area contributed by atoms with Crippen LogP contribution in [0.25, 0.3) is 6.08 Å². The molecule has 1 aliphatic heterocycles. The van der Waals surface area contributed by atoms with Crippen molar-refractivity contribution in [1.82, 2.24) is 4.98 Å². The number of anilines is 1. The van der Waals surface area contributed by atoms with Gasteiger partial charge in [-0.05, 0) is 48.2 Å². The van der Waals surface area contributed by atoms with E-state index in [4.69, 9.17) is 4.99 Å². The normalized spacial score (nSPS) is 16.4. The molecule has 0 atom stereocenters. The molecule has 0 fully saturated rings. The van der Waals surface area contributed by atoms with E-state index in [1.54, 1.807) is 6.20 Å². The van der Waals surface area contributed by atoms with E-state index in [0.717, 1.165) is 30.7 Å². The predicted molar refractivity (Wildman–Crippen MR) is 103 cm³/mol. The smallest absolute Gasteiger partial charge is 0.0694 e. The molecular weight excluding hydrogens is 294 g/mol. The van der Waals surface area contributed by atoms with Gasteiger partial charge < -0.3 is 4.90 Å². The summed E-state index contributed by atoms with van der Waals surface area (Å²) in [5.41, 5.74) is 5.89. The zero-order chi connectivity index (χ0) is 16.8. The molecule has 0 unspecified atom stereocenters. The Kier molecular flexibility index (Phi) is 5.22. The fourth-order valence-electron chi connectivity index (χ4n) is 2.78. The molecule has 0 radical (unpaired) electrons. The van der Waals surface area contributed by atoms with Gasteiger partial charge in [0.1, 0.15) is 0 Å². The minimum atomic E-state index is 0.900. The number of aliphatic imine (C=N–C) groups is 1. The number of nitrogens with zero attached hydrogens (tertiary/aromatic N) is 3. The summed E-state index contributed by atoms with van der Waals surface area (Å²) in [7, 11) is 4.11. The van der Waals surface area contributed by atoms with E-state index in [0.29, 0.717) is 0 Å². The van der Waals surface area contributed by atoms with Gasteiger partial charge in [0.05, 0.1) is 5.71 Å². The lowest BCUT2D eigenvalue weighted by atomic mass is 9.96. The van der Waals surface area contributed by atoms with E-state index in [1.165, 1.54) is 16.8 Å². The SMILES string of the molecule is CN(C)c1ccc(/C=C/C=C2/CCCN=C2c2cccnc2)cc1. The largest absolute Gasteiger partial charge is 0.378 e. The van der Waals surface area contributed by atoms with Crippen LogP contribution in [-0.4, -0.2) is 31.3 Å². The molecule has 1 aromatic heterocycles. The summed E-state index contributed by atoms with van der Waals surface area (Å²) in [6, 6.07) is 12.6. The second-order valence-electron chi connectivity index (χ2n) is 6.11. The monoisotopic (exact) mass is 317 g/mol. The van der Waals surface area contributed by atoms with Crippen molar-refractivity contribution in [3.63, 3.8) is 0 Å². The first-order chi connectivity index (χ1) is 11.7. The van der Waals surface area contributed by atoms with Gasteiger partial charge in [0.15, 0.2) is 0 Å². The van der Waals surface area contributed by atoms with Crippen LogP contribution in [0.3, 0.4) is 0 Å². The minimum absolute atomic E-state index is 0.900. The maximum atomic E-state index is 4.71. The van der Waals surface area contributed by atoms with E-state index in [9.17, 15) is 0 Å². The Hall–Kier alpha value is -2.68. The highest BCUT2D eigenvalue weighted by Gasteiger charge is 2.13. The summed E-state index contributed by atoms with van der Waals surface area (Å²) in [4.78, 5) is 11.0. The van der Waals surface area contributed by atoms with Crippen LogP contribution in [0.1, 0.15) is 24.0 Å². The zero-order valence-electron chi connectivity index (χ0n) is 14.3. The summed E-state index contributed by atoms with van der Waals surface area (Å²) in [6.45, 7) is 0.900. The van der Waals surface area contributed by atoms with Gasteiger partial charge in [-0.25, -0.2) is 0 Å². The molecule has 2 aromatic rings. The van der Waals surface area contributed by atoms with Gasteiger partial charge in [0, 0.05) is 44.3 Å². The molecule has 2 heterocycles. The van der Waals surface area contributed by atoms with Crippen LogP contribution in [0.15, 0.2) is 71.5 Å². The third-order valence-electron chi connectivity index (χ3n) is 4.11. The van der Waals surface area contributed by atoms with Gasteiger partial charge in [-0.1, -0.05) is 30.4 Å². The maximum Gasteiger partial charge on any atom is 0.0694 e. The van der Waals surface area contributed by atoms with E-state index in [1.807, 2.05) is 12.3 Å². The van der Waals surface area contributed by atoms with Crippen molar-refractivity contribution in [2.24, 2.45) is 4.99 Å². The lowest BCUT2D eigenvalue weighted by Gasteiger charge is -2.15. The lowest BCUT2D eigenvalue weighted by molar-refractivity contribution is 0.815. The van der Waals surface area contributed by atoms with Crippen LogP contribution in [0.5, 0.6) is 0 Å². The van der Waals surface area contributed by atoms with Gasteiger partial charge in [-0.3, -0.25) is 9.98 Å². The molecule has 0 bridgehead atoms. The van der Waals surface area contributed by atoms with Crippen molar-refractivity contribution in [1.29, 1.82) is 0 Å². The Labute approximate surface area is 144 Å². The van der Waals surface area contributed by atoms with E-state index >= 15 is 0 Å². The molecule has 0 spiro atoms. The van der Waals surface area contributed by atoms with Gasteiger partial charge in [0.2, 0.25) is 0 Å². The molecule has 1 aromatic carbocycles. The van der Waals surface area contributed by atoms with Crippen LogP contribution in [0.2, 0.25) is 0 Å². The van der Waals surface area contributed by atoms with Crippen LogP contribution in [0.4, 0.5) is 5.69 Å². The number of hydrogen-bond acceptors (Lipinski definition) is 3. The molecule has 3 nitrogen and oxygen atoms in total. The number of pyridine rings is 1. The zero-order valence-corrected chi connectivity index (χ0v) is 14.3. The summed E-state index contributed by atoms with van der Waals surface area (Å²) < 4.78 is 0. The Balaban J connectivity index is 1.77. The standard InChI is InChI=1S/C21H23N3/c1-24(2)20-12-10-17(11-13-20)6-3-7-18-8-5-15-23-21(18)19-9-4-14-22-16-19/h3-4,6-7,9-14,16H,5,8,15H2,1-2H3/b6-3+,18-7-. The summed E-state index contributed by atoms with van der Waals surface area (Å²) in [6.07, 6.45) is 12.3. The fourth-order valence-corrected chi connectivity index (χ4v) is 2.78. The Morgan fingerprint density at radius 1 is 1.08 bits per heavy atom. The number of allylic oxidation sites excluding steroid dienone is 3. The molecule has 0 N–H and O–H groups in total. The molecule has 0 aliphatic carbocycles. The van der Waals surface area contributed by atoms with Crippen molar-refractivity contribution < 1.29 is 0 Å². The van der Waals surface area contributed by atoms with E-state index < -0.39 is 0 Å². The fraction of sp³-hybridized carbons (Fsp3) is 0.238. The van der Waals surface area contributed by atoms with Gasteiger partial charge >= 0.3 is 0 Å². The Morgan fingerprint density at radius 2 is 1.92 bits per heavy atom. The van der Waals surface area contributed by atoms with Crippen LogP contribution in [-0.2, 0) is 0 Å². The summed E-state index contributed by atoms with van der Waals surface area (Å²) in [5, 5.41) is 0. The first kappa shape index (κ1) is 16.2. The molecule has 3 rings (SSSR count). The molecule has 3 heteroatoms. The number of aromatic nitrogens is 1. The van der Waals surface area contributed by atoms with Crippen LogP contribution < -0.4 is 4.90 Å². The topological polar surface area (TPSA) is 28.5 Å². The molecule has 0 saturated heterocycles. The summed E-state index contributed by atoms with van der Waals surface area (Å²) in [5.74, 6) is 0. The number of rotatable bonds is 4. The van der Waals surface area contributed by atoms with Crippen molar-refractivity contribution in [2.45, 2.75) is 12.8 Å². The van der Waals surface area contributed by atoms with Crippen LogP contribution in [0, 0.1) is 0 Å². The highest BCUT2D eigenvalue weighted by molar-refractivity contribution is 6.13. The van der Waals surface area contributed by atoms with E-state index in [2.05, 4.69) is 72.5 Å². The molecule has 0 saturated carbocycles. The first-order valence-corrected chi connectivity index (χ1v) is 8.34. The van der Waals surface area contributed by atoms with Crippen molar-refractivity contribution in [2.75, 3.05) is 25.5 Å². The molecule has 0 amide bonds. The third kappa shape index (κ3) is 3.99. The van der Waals surface area contributed by atoms with Crippen LogP contribution >= 0.6 is 0 Å². The molecule has 24 heavy (non-hydrogen) atoms. The third-order valence-corrected chi connectivity index (χ3v) is 4.11. The minimum Gasteiger partial charge on any atom is -0.378 e. The van der Waals surface area contributed by atoms with Gasteiger partial charge in [-0.2, -0.15) is 0 Å². The van der Waals surface area contributed by atoms with E-state index in [-0.39, 0.29) is 0 Å². The summed E-state index contributed by atoms with van der Waals surface area (Å²) >= 11 is 0. The predicted octanol–water partition coefficient (Wildman–Crippen LogP) is 4.37. The Bertz CT molecular complexity index is 753. The highest BCUT2D eigenvalue weighted by Crippen LogP contribution is 2.20.